The van der Waals surface area contributed by atoms with E-state index in [1.807, 2.05) is 27.7 Å². The maximum Gasteiger partial charge on any atom is 0.415 e. The van der Waals surface area contributed by atoms with Crippen LogP contribution in [-0.4, -0.2) is 37.0 Å². The van der Waals surface area contributed by atoms with Gasteiger partial charge in [0.1, 0.15) is 11.5 Å². The largest absolute Gasteiger partial charge is 0.467 e. The van der Waals surface area contributed by atoms with Gasteiger partial charge in [0.05, 0.1) is 0 Å². The van der Waals surface area contributed by atoms with Crippen molar-refractivity contribution in [3.63, 3.8) is 0 Å². The average molecular weight is 281 g/mol. The van der Waals surface area contributed by atoms with Crippen LogP contribution in [0.4, 0.5) is 4.79 Å². The smallest absolute Gasteiger partial charge is 0.415 e. The predicted molar refractivity (Wildman–Crippen MR) is 77.1 cm³/mol. The summed E-state index contributed by atoms with van der Waals surface area (Å²) in [6.07, 6.45) is -0.362. The monoisotopic (exact) mass is 281 g/mol. The summed E-state index contributed by atoms with van der Waals surface area (Å²) in [5.41, 5.74) is 0. The van der Waals surface area contributed by atoms with Gasteiger partial charge in [-0.05, 0) is 39.8 Å². The second kappa shape index (κ2) is 7.75. The van der Waals surface area contributed by atoms with Gasteiger partial charge in [-0.1, -0.05) is 6.07 Å². The number of amides is 1. The van der Waals surface area contributed by atoms with Gasteiger partial charge >= 0.3 is 6.09 Å². The number of carbonyl (C=O) groups excluding carboxylic acids is 1. The summed E-state index contributed by atoms with van der Waals surface area (Å²) in [6, 6.07) is 7.08. The van der Waals surface area contributed by atoms with Gasteiger partial charge in [-0.2, -0.15) is 0 Å². The van der Waals surface area contributed by atoms with E-state index in [1.165, 1.54) is 0 Å². The van der Waals surface area contributed by atoms with E-state index in [2.05, 4.69) is 0 Å². The molecule has 0 heterocycles. The molecule has 0 aliphatic heterocycles. The Labute approximate surface area is 120 Å². The standard InChI is InChI=1S/C15H23NO4/c1-11(2)16(12(3)4)15(17)20-14-8-6-7-13(9-14)19-10-18-5/h6-9,11-12H,10H2,1-5H3. The predicted octanol–water partition coefficient (Wildman–Crippen LogP) is 3.29. The van der Waals surface area contributed by atoms with E-state index in [9.17, 15) is 4.79 Å². The number of methoxy groups -OCH3 is 1. The number of hydrogen-bond donors (Lipinski definition) is 0. The molecule has 0 saturated heterocycles. The number of carbonyl (C=O) groups is 1. The summed E-state index contributed by atoms with van der Waals surface area (Å²) in [5.74, 6) is 1.05. The van der Waals surface area contributed by atoms with Crippen molar-refractivity contribution < 1.29 is 19.0 Å². The fourth-order valence-corrected chi connectivity index (χ4v) is 1.93. The zero-order chi connectivity index (χ0) is 15.1. The molecule has 1 aromatic carbocycles. The van der Waals surface area contributed by atoms with Gasteiger partial charge < -0.3 is 19.1 Å². The Kier molecular flexibility index (Phi) is 6.31. The maximum absolute atomic E-state index is 12.2. The van der Waals surface area contributed by atoms with Crippen molar-refractivity contribution in [2.75, 3.05) is 13.9 Å². The van der Waals surface area contributed by atoms with Crippen LogP contribution in [0.3, 0.4) is 0 Å². The van der Waals surface area contributed by atoms with Crippen LogP contribution in [0.15, 0.2) is 24.3 Å². The third-order valence-electron chi connectivity index (χ3n) is 2.68. The van der Waals surface area contributed by atoms with Gasteiger partial charge in [0.25, 0.3) is 0 Å². The highest BCUT2D eigenvalue weighted by Gasteiger charge is 2.22. The van der Waals surface area contributed by atoms with Gasteiger partial charge in [-0.25, -0.2) is 4.79 Å². The first kappa shape index (κ1) is 16.3. The van der Waals surface area contributed by atoms with Crippen molar-refractivity contribution in [1.82, 2.24) is 4.90 Å². The first-order valence-corrected chi connectivity index (χ1v) is 6.67. The first-order chi connectivity index (χ1) is 9.45. The molecule has 0 radical (unpaired) electrons. The Morgan fingerprint density at radius 3 is 2.30 bits per heavy atom. The lowest BCUT2D eigenvalue weighted by Gasteiger charge is -2.29. The SMILES string of the molecule is COCOc1cccc(OC(=O)N(C(C)C)C(C)C)c1. The Bertz CT molecular complexity index is 424. The van der Waals surface area contributed by atoms with Gasteiger partial charge in [0.2, 0.25) is 0 Å². The first-order valence-electron chi connectivity index (χ1n) is 6.67. The maximum atomic E-state index is 12.2. The lowest BCUT2D eigenvalue weighted by Crippen LogP contribution is -2.43. The van der Waals surface area contributed by atoms with Crippen molar-refractivity contribution in [2.45, 2.75) is 39.8 Å². The summed E-state index contributed by atoms with van der Waals surface area (Å²) >= 11 is 0. The van der Waals surface area contributed by atoms with Crippen LogP contribution >= 0.6 is 0 Å². The normalized spacial score (nSPS) is 10.8. The molecule has 20 heavy (non-hydrogen) atoms. The third kappa shape index (κ3) is 4.74. The van der Waals surface area contributed by atoms with Crippen LogP contribution in [0.5, 0.6) is 11.5 Å². The molecule has 112 valence electrons. The second-order valence-electron chi connectivity index (χ2n) is 4.99. The highest BCUT2D eigenvalue weighted by atomic mass is 16.7. The second-order valence-corrected chi connectivity index (χ2v) is 4.99. The number of ether oxygens (including phenoxy) is 3. The summed E-state index contributed by atoms with van der Waals surface area (Å²) in [7, 11) is 1.55. The quantitative estimate of drug-likeness (QED) is 0.751. The lowest BCUT2D eigenvalue weighted by molar-refractivity contribution is 0.0509. The third-order valence-corrected chi connectivity index (χ3v) is 2.68. The van der Waals surface area contributed by atoms with Crippen molar-refractivity contribution >= 4 is 6.09 Å². The topological polar surface area (TPSA) is 48.0 Å². The van der Waals surface area contributed by atoms with E-state index in [1.54, 1.807) is 36.3 Å². The average Bonchev–Trinajstić information content (AvgIpc) is 2.35. The molecule has 0 aliphatic rings. The molecule has 1 rings (SSSR count). The number of hydrogen-bond acceptors (Lipinski definition) is 4. The number of benzene rings is 1. The zero-order valence-electron chi connectivity index (χ0n) is 12.8. The van der Waals surface area contributed by atoms with Crippen LogP contribution in [0.1, 0.15) is 27.7 Å². The summed E-state index contributed by atoms with van der Waals surface area (Å²) in [5, 5.41) is 0. The molecular weight excluding hydrogens is 258 g/mol. The fraction of sp³-hybridized carbons (Fsp3) is 0.533. The molecule has 0 atom stereocenters. The summed E-state index contributed by atoms with van der Waals surface area (Å²) in [6.45, 7) is 7.99. The van der Waals surface area contributed by atoms with Crippen LogP contribution in [0, 0.1) is 0 Å². The van der Waals surface area contributed by atoms with Gasteiger partial charge in [-0.15, -0.1) is 0 Å². The van der Waals surface area contributed by atoms with Crippen molar-refractivity contribution in [2.24, 2.45) is 0 Å². The minimum atomic E-state index is -0.362. The van der Waals surface area contributed by atoms with Crippen molar-refractivity contribution in [1.29, 1.82) is 0 Å². The van der Waals surface area contributed by atoms with Gasteiger partial charge in [0.15, 0.2) is 6.79 Å². The molecule has 0 aliphatic carbocycles. The van der Waals surface area contributed by atoms with Gasteiger partial charge in [-0.3, -0.25) is 0 Å². The van der Waals surface area contributed by atoms with Crippen molar-refractivity contribution in [3.8, 4) is 11.5 Å². The van der Waals surface area contributed by atoms with E-state index in [-0.39, 0.29) is 25.0 Å². The molecular formula is C15H23NO4. The summed E-state index contributed by atoms with van der Waals surface area (Å²) < 4.78 is 15.5. The highest BCUT2D eigenvalue weighted by Crippen LogP contribution is 2.21. The van der Waals surface area contributed by atoms with Gasteiger partial charge in [0, 0.05) is 25.3 Å². The van der Waals surface area contributed by atoms with Crippen LogP contribution in [-0.2, 0) is 4.74 Å². The Morgan fingerprint density at radius 1 is 1.15 bits per heavy atom. The van der Waals surface area contributed by atoms with Crippen LogP contribution in [0.2, 0.25) is 0 Å². The van der Waals surface area contributed by atoms with Crippen LogP contribution in [0.25, 0.3) is 0 Å². The van der Waals surface area contributed by atoms with E-state index < -0.39 is 0 Å². The zero-order valence-corrected chi connectivity index (χ0v) is 12.8. The molecule has 1 aromatic rings. The minimum Gasteiger partial charge on any atom is -0.467 e. The molecule has 0 unspecified atom stereocenters. The van der Waals surface area contributed by atoms with E-state index in [4.69, 9.17) is 14.2 Å². The molecule has 0 aromatic heterocycles. The number of nitrogens with zero attached hydrogens (tertiary/aromatic N) is 1. The number of rotatable bonds is 6. The van der Waals surface area contributed by atoms with E-state index in [0.717, 1.165) is 0 Å². The Morgan fingerprint density at radius 2 is 1.75 bits per heavy atom. The Hall–Kier alpha value is -1.75. The molecule has 0 spiro atoms. The molecule has 0 saturated carbocycles. The molecule has 0 fully saturated rings. The molecule has 5 nitrogen and oxygen atoms in total. The highest BCUT2D eigenvalue weighted by molar-refractivity contribution is 5.71. The summed E-state index contributed by atoms with van der Waals surface area (Å²) in [4.78, 5) is 13.8. The van der Waals surface area contributed by atoms with Crippen molar-refractivity contribution in [3.05, 3.63) is 24.3 Å². The molecule has 0 bridgehead atoms. The molecule has 1 amide bonds. The Balaban J connectivity index is 2.74. The lowest BCUT2D eigenvalue weighted by atomic mass is 10.2. The fourth-order valence-electron chi connectivity index (χ4n) is 1.93. The van der Waals surface area contributed by atoms with E-state index in [0.29, 0.717) is 11.5 Å². The molecule has 5 heteroatoms. The van der Waals surface area contributed by atoms with Crippen LogP contribution < -0.4 is 9.47 Å². The minimum absolute atomic E-state index is 0.0791. The molecule has 0 N–H and O–H groups in total. The van der Waals surface area contributed by atoms with E-state index >= 15 is 0 Å².